The van der Waals surface area contributed by atoms with E-state index in [1.54, 1.807) is 0 Å². The normalized spacial score (nSPS) is 15.0. The minimum atomic E-state index is -1.58. The number of carboxylic acids is 1. The molecule has 1 aromatic carbocycles. The van der Waals surface area contributed by atoms with E-state index in [0.717, 1.165) is 5.56 Å². The molecule has 4 atom stereocenters. The minimum Gasteiger partial charge on any atom is -0.480 e. The lowest BCUT2D eigenvalue weighted by atomic mass is 9.99. The molecular weight excluding hydrogens is 392 g/mol. The number of benzene rings is 1. The largest absolute Gasteiger partial charge is 0.480 e. The van der Waals surface area contributed by atoms with Crippen LogP contribution in [0.2, 0.25) is 0 Å². The van der Waals surface area contributed by atoms with E-state index in [1.807, 2.05) is 44.2 Å². The van der Waals surface area contributed by atoms with Crippen molar-refractivity contribution in [2.75, 3.05) is 0 Å². The summed E-state index contributed by atoms with van der Waals surface area (Å²) in [6.07, 6.45) is -1.74. The predicted octanol–water partition coefficient (Wildman–Crippen LogP) is -1.11. The number of rotatable bonds is 12. The standard InChI is InChI=1S/C20H30N4O6/c1-11(2)8-14(18(27)24-15(20(29)30)10-16(22)25)23-19(28)17(26)13(21)9-12-6-4-3-5-7-12/h3-7,11,13-15,17,26H,8-10,21H2,1-2H3,(H2,22,25)(H,23,28)(H,24,27)(H,29,30)/t13?,14-,15-,17?/m0/s1. The first-order valence-corrected chi connectivity index (χ1v) is 9.60. The van der Waals surface area contributed by atoms with Crippen molar-refractivity contribution in [2.24, 2.45) is 17.4 Å². The second-order valence-electron chi connectivity index (χ2n) is 7.56. The number of aliphatic hydroxyl groups is 1. The Morgan fingerprint density at radius 1 is 1.00 bits per heavy atom. The van der Waals surface area contributed by atoms with E-state index < -0.39 is 54.3 Å². The molecule has 0 fully saturated rings. The number of aliphatic carboxylic acids is 1. The van der Waals surface area contributed by atoms with Crippen molar-refractivity contribution in [1.82, 2.24) is 10.6 Å². The van der Waals surface area contributed by atoms with Gasteiger partial charge in [-0.3, -0.25) is 14.4 Å². The number of hydrogen-bond donors (Lipinski definition) is 6. The third-order valence-corrected chi connectivity index (χ3v) is 4.35. The Balaban J connectivity index is 2.81. The molecule has 0 spiro atoms. The van der Waals surface area contributed by atoms with Gasteiger partial charge in [-0.1, -0.05) is 44.2 Å². The number of carboxylic acid groups (broad SMARTS) is 1. The molecule has 0 heterocycles. The number of carbonyl (C=O) groups is 4. The highest BCUT2D eigenvalue weighted by molar-refractivity contribution is 5.93. The molecule has 0 aliphatic carbocycles. The lowest BCUT2D eigenvalue weighted by molar-refractivity contribution is -0.144. The molecule has 8 N–H and O–H groups in total. The van der Waals surface area contributed by atoms with Crippen LogP contribution in [0.5, 0.6) is 0 Å². The lowest BCUT2D eigenvalue weighted by Gasteiger charge is -2.25. The van der Waals surface area contributed by atoms with E-state index >= 15 is 0 Å². The van der Waals surface area contributed by atoms with Gasteiger partial charge in [0.05, 0.1) is 6.42 Å². The molecule has 166 valence electrons. The molecule has 2 unspecified atom stereocenters. The number of hydrogen-bond acceptors (Lipinski definition) is 6. The van der Waals surface area contributed by atoms with E-state index in [2.05, 4.69) is 10.6 Å². The summed E-state index contributed by atoms with van der Waals surface area (Å²) in [5.74, 6) is -4.00. The van der Waals surface area contributed by atoms with Crippen molar-refractivity contribution in [3.8, 4) is 0 Å². The van der Waals surface area contributed by atoms with Crippen LogP contribution < -0.4 is 22.1 Å². The van der Waals surface area contributed by atoms with Crippen molar-refractivity contribution >= 4 is 23.7 Å². The van der Waals surface area contributed by atoms with E-state index in [-0.39, 0.29) is 18.8 Å². The zero-order valence-electron chi connectivity index (χ0n) is 17.1. The molecule has 30 heavy (non-hydrogen) atoms. The third kappa shape index (κ3) is 8.58. The zero-order chi connectivity index (χ0) is 22.8. The molecule has 10 heteroatoms. The van der Waals surface area contributed by atoms with E-state index in [0.29, 0.717) is 0 Å². The molecule has 0 saturated heterocycles. The van der Waals surface area contributed by atoms with Gasteiger partial charge in [0.15, 0.2) is 0 Å². The predicted molar refractivity (Wildman–Crippen MR) is 109 cm³/mol. The minimum absolute atomic E-state index is 0.0318. The monoisotopic (exact) mass is 422 g/mol. The van der Waals surface area contributed by atoms with Gasteiger partial charge < -0.3 is 32.3 Å². The van der Waals surface area contributed by atoms with Gasteiger partial charge in [0.1, 0.15) is 18.2 Å². The van der Waals surface area contributed by atoms with Gasteiger partial charge in [-0.05, 0) is 24.3 Å². The fourth-order valence-electron chi connectivity index (χ4n) is 2.83. The summed E-state index contributed by atoms with van der Waals surface area (Å²) in [5.41, 5.74) is 11.8. The van der Waals surface area contributed by atoms with Crippen LogP contribution in [0.25, 0.3) is 0 Å². The maximum Gasteiger partial charge on any atom is 0.326 e. The highest BCUT2D eigenvalue weighted by Gasteiger charge is 2.31. The highest BCUT2D eigenvalue weighted by Crippen LogP contribution is 2.09. The number of nitrogens with two attached hydrogens (primary N) is 2. The smallest absolute Gasteiger partial charge is 0.326 e. The molecule has 1 aromatic rings. The Hall–Kier alpha value is -2.98. The topological polar surface area (TPSA) is 185 Å². The summed E-state index contributed by atoms with van der Waals surface area (Å²) >= 11 is 0. The first kappa shape index (κ1) is 25.1. The molecular formula is C20H30N4O6. The zero-order valence-corrected chi connectivity index (χ0v) is 17.1. The van der Waals surface area contributed by atoms with Gasteiger partial charge in [0.2, 0.25) is 11.8 Å². The van der Waals surface area contributed by atoms with Gasteiger partial charge in [0.25, 0.3) is 5.91 Å². The summed E-state index contributed by atoms with van der Waals surface area (Å²) in [7, 11) is 0. The molecule has 10 nitrogen and oxygen atoms in total. The molecule has 0 aromatic heterocycles. The fraction of sp³-hybridized carbons (Fsp3) is 0.500. The van der Waals surface area contributed by atoms with Gasteiger partial charge in [-0.2, -0.15) is 0 Å². The van der Waals surface area contributed by atoms with Crippen LogP contribution >= 0.6 is 0 Å². The molecule has 0 radical (unpaired) electrons. The van der Waals surface area contributed by atoms with Crippen molar-refractivity contribution < 1.29 is 29.4 Å². The first-order chi connectivity index (χ1) is 14.0. The van der Waals surface area contributed by atoms with Crippen LogP contribution in [-0.4, -0.2) is 58.1 Å². The summed E-state index contributed by atoms with van der Waals surface area (Å²) in [6.45, 7) is 3.62. The van der Waals surface area contributed by atoms with Crippen LogP contribution in [0.4, 0.5) is 0 Å². The fourth-order valence-corrected chi connectivity index (χ4v) is 2.83. The summed E-state index contributed by atoms with van der Waals surface area (Å²) < 4.78 is 0. The second kappa shape index (κ2) is 11.9. The second-order valence-corrected chi connectivity index (χ2v) is 7.56. The van der Waals surface area contributed by atoms with Gasteiger partial charge in [0, 0.05) is 6.04 Å². The van der Waals surface area contributed by atoms with Gasteiger partial charge >= 0.3 is 5.97 Å². The lowest BCUT2D eigenvalue weighted by Crippen LogP contribution is -2.56. The number of carbonyl (C=O) groups excluding carboxylic acids is 3. The van der Waals surface area contributed by atoms with Crippen LogP contribution in [0.15, 0.2) is 30.3 Å². The number of aliphatic hydroxyl groups excluding tert-OH is 1. The number of amides is 3. The Kier molecular flexibility index (Phi) is 9.93. The van der Waals surface area contributed by atoms with Crippen molar-refractivity contribution in [2.45, 2.75) is 57.3 Å². The van der Waals surface area contributed by atoms with Gasteiger partial charge in [-0.15, -0.1) is 0 Å². The van der Waals surface area contributed by atoms with Crippen molar-refractivity contribution in [3.63, 3.8) is 0 Å². The van der Waals surface area contributed by atoms with E-state index in [1.165, 1.54) is 0 Å². The summed E-state index contributed by atoms with van der Waals surface area (Å²) in [6, 6.07) is 5.52. The number of primary amides is 1. The Morgan fingerprint density at radius 3 is 2.07 bits per heavy atom. The first-order valence-electron chi connectivity index (χ1n) is 9.60. The molecule has 1 rings (SSSR count). The Morgan fingerprint density at radius 2 is 1.57 bits per heavy atom. The maximum absolute atomic E-state index is 12.5. The highest BCUT2D eigenvalue weighted by atomic mass is 16.4. The third-order valence-electron chi connectivity index (χ3n) is 4.35. The van der Waals surface area contributed by atoms with Crippen LogP contribution in [-0.2, 0) is 25.6 Å². The van der Waals surface area contributed by atoms with E-state index in [4.69, 9.17) is 16.6 Å². The van der Waals surface area contributed by atoms with Gasteiger partial charge in [-0.25, -0.2) is 4.79 Å². The maximum atomic E-state index is 12.5. The van der Waals surface area contributed by atoms with Crippen molar-refractivity contribution in [1.29, 1.82) is 0 Å². The molecule has 3 amide bonds. The summed E-state index contributed by atoms with van der Waals surface area (Å²) in [4.78, 5) is 47.3. The molecule has 0 bridgehead atoms. The Labute approximate surface area is 175 Å². The average molecular weight is 422 g/mol. The summed E-state index contributed by atoms with van der Waals surface area (Å²) in [5, 5.41) is 24.1. The molecule has 0 aliphatic rings. The average Bonchev–Trinajstić information content (AvgIpc) is 2.66. The number of nitrogens with one attached hydrogen (secondary N) is 2. The van der Waals surface area contributed by atoms with E-state index in [9.17, 15) is 24.3 Å². The quantitative estimate of drug-likeness (QED) is 0.246. The molecule has 0 aliphatic heterocycles. The van der Waals surface area contributed by atoms with Crippen molar-refractivity contribution in [3.05, 3.63) is 35.9 Å². The van der Waals surface area contributed by atoms with Crippen LogP contribution in [0.3, 0.4) is 0 Å². The molecule has 0 saturated carbocycles. The van der Waals surface area contributed by atoms with Crippen LogP contribution in [0, 0.1) is 5.92 Å². The Bertz CT molecular complexity index is 740. The SMILES string of the molecule is CC(C)C[C@H](NC(=O)C(O)C(N)Cc1ccccc1)C(=O)N[C@@H](CC(N)=O)C(=O)O. The van der Waals surface area contributed by atoms with Crippen LogP contribution in [0.1, 0.15) is 32.3 Å².